The van der Waals surface area contributed by atoms with Gasteiger partial charge < -0.3 is 4.57 Å². The van der Waals surface area contributed by atoms with Crippen molar-refractivity contribution in [3.05, 3.63) is 86.6 Å². The van der Waals surface area contributed by atoms with Crippen molar-refractivity contribution in [3.8, 4) is 11.4 Å². The van der Waals surface area contributed by atoms with Crippen molar-refractivity contribution in [2.75, 3.05) is 0 Å². The molecule has 0 spiro atoms. The predicted molar refractivity (Wildman–Crippen MR) is 115 cm³/mol. The van der Waals surface area contributed by atoms with Crippen LogP contribution in [0.5, 0.6) is 0 Å². The number of fused-ring (bicyclic) bond motifs is 1. The maximum absolute atomic E-state index is 13.0. The molecule has 0 fully saturated rings. The van der Waals surface area contributed by atoms with Crippen LogP contribution < -0.4 is 11.2 Å². The van der Waals surface area contributed by atoms with E-state index in [9.17, 15) is 9.59 Å². The third-order valence-corrected chi connectivity index (χ3v) is 5.37. The van der Waals surface area contributed by atoms with Gasteiger partial charge in [-0.15, -0.1) is 0 Å². The standard InChI is InChI=1S/C23H24N4O2/c1-15(2)17-10-12-18(13-11-17)20-24-21-19(22(28)26(4)23(29)25(21)3)27(20)14-16-8-6-5-7-9-16/h5-13,15H,14H2,1-4H3. The molecule has 0 aliphatic heterocycles. The van der Waals surface area contributed by atoms with Crippen LogP contribution >= 0.6 is 0 Å². The fourth-order valence-electron chi connectivity index (χ4n) is 3.60. The largest absolute Gasteiger partial charge is 0.332 e. The van der Waals surface area contributed by atoms with Gasteiger partial charge in [-0.25, -0.2) is 9.78 Å². The number of rotatable bonds is 4. The summed E-state index contributed by atoms with van der Waals surface area (Å²) in [7, 11) is 3.15. The summed E-state index contributed by atoms with van der Waals surface area (Å²) in [6.45, 7) is 4.80. The van der Waals surface area contributed by atoms with Gasteiger partial charge in [0.15, 0.2) is 11.2 Å². The van der Waals surface area contributed by atoms with E-state index in [1.54, 1.807) is 7.05 Å². The Morgan fingerprint density at radius 3 is 2.17 bits per heavy atom. The highest BCUT2D eigenvalue weighted by Crippen LogP contribution is 2.25. The smallest absolute Gasteiger partial charge is 0.314 e. The molecule has 0 saturated carbocycles. The van der Waals surface area contributed by atoms with Crippen molar-refractivity contribution in [3.63, 3.8) is 0 Å². The second-order valence-electron chi connectivity index (χ2n) is 7.66. The Morgan fingerprint density at radius 2 is 1.55 bits per heavy atom. The van der Waals surface area contributed by atoms with E-state index in [0.29, 0.717) is 29.5 Å². The minimum Gasteiger partial charge on any atom is -0.314 e. The first-order valence-corrected chi connectivity index (χ1v) is 9.69. The van der Waals surface area contributed by atoms with Crippen molar-refractivity contribution in [2.24, 2.45) is 14.1 Å². The number of hydrogen-bond acceptors (Lipinski definition) is 3. The number of aryl methyl sites for hydroxylation is 1. The Kier molecular flexibility index (Phi) is 4.70. The van der Waals surface area contributed by atoms with Gasteiger partial charge in [0.2, 0.25) is 0 Å². The lowest BCUT2D eigenvalue weighted by Gasteiger charge is -2.11. The molecule has 0 bridgehead atoms. The van der Waals surface area contributed by atoms with Crippen LogP contribution in [-0.2, 0) is 20.6 Å². The normalized spacial score (nSPS) is 11.5. The molecule has 0 unspecified atom stereocenters. The highest BCUT2D eigenvalue weighted by molar-refractivity contribution is 5.77. The molecule has 2 aromatic carbocycles. The lowest BCUT2D eigenvalue weighted by atomic mass is 10.0. The van der Waals surface area contributed by atoms with Crippen molar-refractivity contribution < 1.29 is 0 Å². The van der Waals surface area contributed by atoms with Crippen LogP contribution in [0.3, 0.4) is 0 Å². The van der Waals surface area contributed by atoms with Gasteiger partial charge >= 0.3 is 5.69 Å². The number of hydrogen-bond donors (Lipinski definition) is 0. The van der Waals surface area contributed by atoms with E-state index in [-0.39, 0.29) is 11.2 Å². The van der Waals surface area contributed by atoms with Crippen molar-refractivity contribution in [1.29, 1.82) is 0 Å². The molecular formula is C23H24N4O2. The second-order valence-corrected chi connectivity index (χ2v) is 7.66. The minimum absolute atomic E-state index is 0.336. The summed E-state index contributed by atoms with van der Waals surface area (Å²) in [4.78, 5) is 30.1. The van der Waals surface area contributed by atoms with Crippen LogP contribution in [-0.4, -0.2) is 18.7 Å². The molecule has 0 aliphatic rings. The first-order chi connectivity index (χ1) is 13.9. The molecule has 0 amide bonds. The lowest BCUT2D eigenvalue weighted by Crippen LogP contribution is -2.37. The summed E-state index contributed by atoms with van der Waals surface area (Å²) in [5, 5.41) is 0. The molecule has 148 valence electrons. The summed E-state index contributed by atoms with van der Waals surface area (Å²) in [6, 6.07) is 18.2. The summed E-state index contributed by atoms with van der Waals surface area (Å²) in [6.07, 6.45) is 0. The maximum Gasteiger partial charge on any atom is 0.332 e. The summed E-state index contributed by atoms with van der Waals surface area (Å²) in [5.74, 6) is 1.11. The molecule has 6 heteroatoms. The van der Waals surface area contributed by atoms with Crippen molar-refractivity contribution >= 4 is 11.2 Å². The SMILES string of the molecule is CC(C)c1ccc(-c2nc3c(c(=O)n(C)c(=O)n3C)n2Cc2ccccc2)cc1. The van der Waals surface area contributed by atoms with Gasteiger partial charge in [0.25, 0.3) is 5.56 Å². The molecule has 0 atom stereocenters. The van der Waals surface area contributed by atoms with Crippen molar-refractivity contribution in [1.82, 2.24) is 18.7 Å². The summed E-state index contributed by atoms with van der Waals surface area (Å²) in [5.41, 5.74) is 3.32. The average molecular weight is 388 g/mol. The molecule has 29 heavy (non-hydrogen) atoms. The van der Waals surface area contributed by atoms with Gasteiger partial charge in [0.1, 0.15) is 5.82 Å². The van der Waals surface area contributed by atoms with Crippen LogP contribution in [0.4, 0.5) is 0 Å². The lowest BCUT2D eigenvalue weighted by molar-refractivity contribution is 0.702. The van der Waals surface area contributed by atoms with Crippen LogP contribution in [0.15, 0.2) is 64.2 Å². The zero-order chi connectivity index (χ0) is 20.7. The number of nitrogens with zero attached hydrogens (tertiary/aromatic N) is 4. The van der Waals surface area contributed by atoms with Crippen LogP contribution in [0.2, 0.25) is 0 Å². The molecule has 0 aliphatic carbocycles. The molecule has 2 heterocycles. The van der Waals surface area contributed by atoms with E-state index in [4.69, 9.17) is 4.98 Å². The maximum atomic E-state index is 13.0. The van der Waals surface area contributed by atoms with Gasteiger partial charge in [0, 0.05) is 26.2 Å². The van der Waals surface area contributed by atoms with E-state index >= 15 is 0 Å². The molecule has 4 aromatic rings. The second kappa shape index (κ2) is 7.20. The van der Waals surface area contributed by atoms with E-state index in [1.165, 1.54) is 17.2 Å². The molecule has 2 aromatic heterocycles. The van der Waals surface area contributed by atoms with Gasteiger partial charge in [-0.2, -0.15) is 0 Å². The minimum atomic E-state index is -0.381. The molecular weight excluding hydrogens is 364 g/mol. The third kappa shape index (κ3) is 3.20. The Morgan fingerprint density at radius 1 is 0.897 bits per heavy atom. The van der Waals surface area contributed by atoms with Gasteiger partial charge in [-0.3, -0.25) is 13.9 Å². The monoisotopic (exact) mass is 388 g/mol. The number of imidazole rings is 1. The van der Waals surface area contributed by atoms with E-state index in [1.807, 2.05) is 47.0 Å². The van der Waals surface area contributed by atoms with Crippen LogP contribution in [0.1, 0.15) is 30.9 Å². The molecule has 0 saturated heterocycles. The fourth-order valence-corrected chi connectivity index (χ4v) is 3.60. The van der Waals surface area contributed by atoms with Crippen LogP contribution in [0.25, 0.3) is 22.6 Å². The first kappa shape index (κ1) is 18.9. The van der Waals surface area contributed by atoms with Gasteiger partial charge in [-0.05, 0) is 17.0 Å². The Balaban J connectivity index is 2.01. The average Bonchev–Trinajstić information content (AvgIpc) is 3.10. The van der Waals surface area contributed by atoms with Crippen LogP contribution in [0, 0.1) is 0 Å². The Labute approximate surface area is 168 Å². The Hall–Kier alpha value is -3.41. The quantitative estimate of drug-likeness (QED) is 0.539. The number of aromatic nitrogens is 4. The first-order valence-electron chi connectivity index (χ1n) is 9.69. The highest BCUT2D eigenvalue weighted by Gasteiger charge is 2.20. The zero-order valence-electron chi connectivity index (χ0n) is 17.1. The summed E-state index contributed by atoms with van der Waals surface area (Å²) < 4.78 is 4.48. The Bertz CT molecular complexity index is 1290. The molecule has 0 N–H and O–H groups in total. The molecule has 4 rings (SSSR count). The summed E-state index contributed by atoms with van der Waals surface area (Å²) >= 11 is 0. The van der Waals surface area contributed by atoms with Crippen molar-refractivity contribution in [2.45, 2.75) is 26.3 Å². The highest BCUT2D eigenvalue weighted by atomic mass is 16.2. The third-order valence-electron chi connectivity index (χ3n) is 5.37. The zero-order valence-corrected chi connectivity index (χ0v) is 17.1. The predicted octanol–water partition coefficient (Wildman–Crippen LogP) is 3.27. The van der Waals surface area contributed by atoms with E-state index < -0.39 is 0 Å². The van der Waals surface area contributed by atoms with Gasteiger partial charge in [0.05, 0.1) is 0 Å². The number of benzene rings is 2. The van der Waals surface area contributed by atoms with E-state index in [2.05, 4.69) is 26.0 Å². The fraction of sp³-hybridized carbons (Fsp3) is 0.261. The van der Waals surface area contributed by atoms with Gasteiger partial charge in [-0.1, -0.05) is 68.4 Å². The topological polar surface area (TPSA) is 61.8 Å². The van der Waals surface area contributed by atoms with E-state index in [0.717, 1.165) is 15.7 Å². The molecule has 6 nitrogen and oxygen atoms in total. The molecule has 0 radical (unpaired) electrons.